The molecule has 1 aromatic rings. The zero-order valence-corrected chi connectivity index (χ0v) is 11.5. The molecule has 0 heterocycles. The van der Waals surface area contributed by atoms with Crippen molar-refractivity contribution >= 4 is 8.32 Å². The van der Waals surface area contributed by atoms with Crippen LogP contribution in [0.3, 0.4) is 0 Å². The van der Waals surface area contributed by atoms with Crippen LogP contribution in [-0.2, 0) is 4.43 Å². The lowest BCUT2D eigenvalue weighted by Gasteiger charge is -2.23. The molecule has 1 rings (SSSR count). The van der Waals surface area contributed by atoms with Gasteiger partial charge in [-0.2, -0.15) is 14.0 Å². The van der Waals surface area contributed by atoms with Crippen LogP contribution in [-0.4, -0.2) is 14.9 Å². The molecule has 0 aliphatic rings. The van der Waals surface area contributed by atoms with Gasteiger partial charge < -0.3 is 9.16 Å². The molecule has 98 valence electrons. The third-order valence-corrected chi connectivity index (χ3v) is 2.95. The predicted molar refractivity (Wildman–Crippen MR) is 65.9 cm³/mol. The number of hydrogen-bond donors (Lipinski definition) is 0. The van der Waals surface area contributed by atoms with E-state index in [9.17, 15) is 8.78 Å². The summed E-state index contributed by atoms with van der Waals surface area (Å²) < 4.78 is 34.6. The molecule has 3 nitrogen and oxygen atoms in total. The fraction of sp³-hybridized carbons (Fsp3) is 0.417. The van der Waals surface area contributed by atoms with Gasteiger partial charge in [-0.15, -0.1) is 0 Å². The number of ether oxygens (including phenoxy) is 1. The lowest BCUT2D eigenvalue weighted by molar-refractivity contribution is -0.0510. The Labute approximate surface area is 106 Å². The summed E-state index contributed by atoms with van der Waals surface area (Å²) in [6.45, 7) is 2.85. The molecule has 0 spiro atoms. The van der Waals surface area contributed by atoms with E-state index in [4.69, 9.17) is 9.69 Å². The van der Waals surface area contributed by atoms with Gasteiger partial charge in [-0.1, -0.05) is 18.2 Å². The van der Waals surface area contributed by atoms with Gasteiger partial charge in [0, 0.05) is 5.56 Å². The molecular formula is C12H15F2NO2Si. The molecule has 0 bridgehead atoms. The van der Waals surface area contributed by atoms with Crippen molar-refractivity contribution < 1.29 is 17.9 Å². The fourth-order valence-corrected chi connectivity index (χ4v) is 2.30. The van der Waals surface area contributed by atoms with Gasteiger partial charge in [0.05, 0.1) is 6.07 Å². The average molecular weight is 271 g/mol. The number of rotatable bonds is 5. The smallest absolute Gasteiger partial charge is 0.387 e. The number of para-hydroxylation sites is 1. The van der Waals surface area contributed by atoms with E-state index in [-0.39, 0.29) is 5.75 Å². The highest BCUT2D eigenvalue weighted by molar-refractivity contribution is 6.69. The Morgan fingerprint density at radius 2 is 1.83 bits per heavy atom. The lowest BCUT2D eigenvalue weighted by atomic mass is 10.1. The van der Waals surface area contributed by atoms with Crippen LogP contribution in [0.15, 0.2) is 24.3 Å². The second-order valence-electron chi connectivity index (χ2n) is 4.66. The Balaban J connectivity index is 3.03. The van der Waals surface area contributed by atoms with Gasteiger partial charge in [0.1, 0.15) is 5.75 Å². The van der Waals surface area contributed by atoms with Crippen molar-refractivity contribution in [2.45, 2.75) is 32.4 Å². The minimum absolute atomic E-state index is 0.0164. The van der Waals surface area contributed by atoms with Crippen molar-refractivity contribution in [3.05, 3.63) is 29.8 Å². The molecule has 1 atom stereocenters. The van der Waals surface area contributed by atoms with Crippen LogP contribution in [0.5, 0.6) is 5.75 Å². The molecule has 0 saturated carbocycles. The van der Waals surface area contributed by atoms with E-state index in [0.29, 0.717) is 5.56 Å². The topological polar surface area (TPSA) is 42.2 Å². The van der Waals surface area contributed by atoms with E-state index in [2.05, 4.69) is 4.74 Å². The number of benzene rings is 1. The summed E-state index contributed by atoms with van der Waals surface area (Å²) in [5.74, 6) is -0.0164. The van der Waals surface area contributed by atoms with Crippen LogP contribution >= 0.6 is 0 Å². The summed E-state index contributed by atoms with van der Waals surface area (Å²) in [5.41, 5.74) is 0.336. The highest BCUT2D eigenvalue weighted by atomic mass is 28.4. The first-order chi connectivity index (χ1) is 8.33. The average Bonchev–Trinajstić information content (AvgIpc) is 2.25. The number of nitrogens with zero attached hydrogens (tertiary/aromatic N) is 1. The maximum Gasteiger partial charge on any atom is 0.387 e. The van der Waals surface area contributed by atoms with E-state index in [0.717, 1.165) is 0 Å². The van der Waals surface area contributed by atoms with Crippen LogP contribution in [0.4, 0.5) is 8.78 Å². The van der Waals surface area contributed by atoms with E-state index < -0.39 is 21.0 Å². The highest BCUT2D eigenvalue weighted by Gasteiger charge is 2.25. The molecule has 0 aliphatic carbocycles. The third-order valence-electron chi connectivity index (χ3n) is 2.01. The molecule has 1 aromatic carbocycles. The first-order valence-corrected chi connectivity index (χ1v) is 8.85. The molecule has 0 saturated heterocycles. The van der Waals surface area contributed by atoms with Gasteiger partial charge in [0.2, 0.25) is 0 Å². The Morgan fingerprint density at radius 1 is 1.22 bits per heavy atom. The summed E-state index contributed by atoms with van der Waals surface area (Å²) in [5, 5.41) is 9.11. The molecule has 18 heavy (non-hydrogen) atoms. The van der Waals surface area contributed by atoms with Crippen LogP contribution in [0.25, 0.3) is 0 Å². The molecule has 0 fully saturated rings. The molecule has 0 N–H and O–H groups in total. The van der Waals surface area contributed by atoms with Gasteiger partial charge in [0.25, 0.3) is 0 Å². The standard InChI is InChI=1S/C12H15F2NO2Si/c1-18(2,3)17-11(8-15)9-6-4-5-7-10(9)16-12(13)14/h4-7,11-12H,1-3H3. The molecule has 0 amide bonds. The Hall–Kier alpha value is -1.45. The number of hydrogen-bond acceptors (Lipinski definition) is 3. The summed E-state index contributed by atoms with van der Waals surface area (Å²) >= 11 is 0. The lowest BCUT2D eigenvalue weighted by Crippen LogP contribution is -2.27. The summed E-state index contributed by atoms with van der Waals surface area (Å²) in [7, 11) is -1.95. The fourth-order valence-electron chi connectivity index (χ4n) is 1.41. The zero-order valence-electron chi connectivity index (χ0n) is 10.5. The van der Waals surface area contributed by atoms with Gasteiger partial charge in [-0.3, -0.25) is 0 Å². The van der Waals surface area contributed by atoms with Crippen LogP contribution in [0.1, 0.15) is 11.7 Å². The first-order valence-electron chi connectivity index (χ1n) is 5.44. The van der Waals surface area contributed by atoms with E-state index >= 15 is 0 Å². The Morgan fingerprint density at radius 3 is 2.33 bits per heavy atom. The predicted octanol–water partition coefficient (Wildman–Crippen LogP) is 3.70. The maximum absolute atomic E-state index is 12.3. The Kier molecular flexibility index (Phi) is 4.82. The summed E-state index contributed by atoms with van der Waals surface area (Å²) in [6.07, 6.45) is -0.883. The molecule has 1 unspecified atom stereocenters. The van der Waals surface area contributed by atoms with Crippen molar-refractivity contribution in [2.75, 3.05) is 0 Å². The van der Waals surface area contributed by atoms with Crippen molar-refractivity contribution in [3.63, 3.8) is 0 Å². The molecular weight excluding hydrogens is 256 g/mol. The SMILES string of the molecule is C[Si](C)(C)OC(C#N)c1ccccc1OC(F)F. The van der Waals surface area contributed by atoms with Crippen molar-refractivity contribution in [3.8, 4) is 11.8 Å². The third kappa shape index (κ3) is 4.43. The highest BCUT2D eigenvalue weighted by Crippen LogP contribution is 2.30. The molecule has 0 radical (unpaired) electrons. The minimum Gasteiger partial charge on any atom is -0.434 e. The number of alkyl halides is 2. The van der Waals surface area contributed by atoms with Crippen LogP contribution in [0.2, 0.25) is 19.6 Å². The first kappa shape index (κ1) is 14.6. The molecule has 6 heteroatoms. The largest absolute Gasteiger partial charge is 0.434 e. The van der Waals surface area contributed by atoms with Crippen LogP contribution in [0, 0.1) is 11.3 Å². The van der Waals surface area contributed by atoms with E-state index in [1.54, 1.807) is 18.2 Å². The van der Waals surface area contributed by atoms with E-state index in [1.807, 2.05) is 25.7 Å². The minimum atomic E-state index is -2.92. The monoisotopic (exact) mass is 271 g/mol. The second-order valence-corrected chi connectivity index (χ2v) is 9.12. The summed E-state index contributed by atoms with van der Waals surface area (Å²) in [6, 6.07) is 8.17. The van der Waals surface area contributed by atoms with Gasteiger partial charge in [-0.25, -0.2) is 0 Å². The summed E-state index contributed by atoms with van der Waals surface area (Å²) in [4.78, 5) is 0. The van der Waals surface area contributed by atoms with Crippen molar-refractivity contribution in [1.82, 2.24) is 0 Å². The van der Waals surface area contributed by atoms with Crippen LogP contribution < -0.4 is 4.74 Å². The van der Waals surface area contributed by atoms with E-state index in [1.165, 1.54) is 6.07 Å². The molecule has 0 aromatic heterocycles. The normalized spacial score (nSPS) is 13.2. The zero-order chi connectivity index (χ0) is 13.8. The van der Waals surface area contributed by atoms with Gasteiger partial charge in [-0.05, 0) is 25.7 Å². The Bertz CT molecular complexity index is 440. The second kappa shape index (κ2) is 5.93. The molecule has 0 aliphatic heterocycles. The number of nitriles is 1. The number of halogens is 2. The van der Waals surface area contributed by atoms with Crippen molar-refractivity contribution in [2.24, 2.45) is 0 Å². The van der Waals surface area contributed by atoms with Gasteiger partial charge in [0.15, 0.2) is 14.4 Å². The van der Waals surface area contributed by atoms with Crippen molar-refractivity contribution in [1.29, 1.82) is 5.26 Å². The van der Waals surface area contributed by atoms with Gasteiger partial charge >= 0.3 is 6.61 Å². The quantitative estimate of drug-likeness (QED) is 0.767. The maximum atomic E-state index is 12.3.